The van der Waals surface area contributed by atoms with Crippen molar-refractivity contribution in [2.75, 3.05) is 0 Å². The smallest absolute Gasteiger partial charge is 0.509 e. The molecule has 0 radical (unpaired) electrons. The minimum atomic E-state index is 0. The number of nitrogens with zero attached hydrogens (tertiary/aromatic N) is 4. The van der Waals surface area contributed by atoms with Crippen LogP contribution in [0.5, 0.6) is 11.5 Å². The molecule has 4 aromatic carbocycles. The van der Waals surface area contributed by atoms with Gasteiger partial charge in [0.2, 0.25) is 0 Å². The SMILES string of the molecule is CCCCc1c(-c2ccccc2)c(CC)nn1-c1[c-]c(Oc2[c-]c3c(cc2)c2ccccc2n3-c2cc(C)ccn2)ccc1.[Pd+2]. The molecule has 0 atom stereocenters. The van der Waals surface area contributed by atoms with Gasteiger partial charge >= 0.3 is 20.4 Å². The van der Waals surface area contributed by atoms with E-state index in [4.69, 9.17) is 14.8 Å². The maximum Gasteiger partial charge on any atom is 2.00 e. The van der Waals surface area contributed by atoms with Crippen LogP contribution in [0.2, 0.25) is 0 Å². The molecule has 0 aliphatic carbocycles. The minimum absolute atomic E-state index is 0. The summed E-state index contributed by atoms with van der Waals surface area (Å²) in [5.74, 6) is 2.09. The van der Waals surface area contributed by atoms with Gasteiger partial charge in [0, 0.05) is 34.5 Å². The summed E-state index contributed by atoms with van der Waals surface area (Å²) in [4.78, 5) is 4.69. The molecule has 0 aliphatic heterocycles. The molecule has 7 aromatic rings. The Hall–Kier alpha value is -4.50. The van der Waals surface area contributed by atoms with Gasteiger partial charge in [0.1, 0.15) is 5.82 Å². The molecule has 0 saturated carbocycles. The second-order valence-electron chi connectivity index (χ2n) is 11.1. The van der Waals surface area contributed by atoms with Gasteiger partial charge in [0.25, 0.3) is 0 Å². The Labute approximate surface area is 278 Å². The molecule has 6 heteroatoms. The van der Waals surface area contributed by atoms with Crippen LogP contribution < -0.4 is 4.74 Å². The zero-order chi connectivity index (χ0) is 30.0. The number of benzene rings is 4. The molecule has 0 saturated heterocycles. The van der Waals surface area contributed by atoms with E-state index in [2.05, 4.69) is 115 Å². The minimum Gasteiger partial charge on any atom is -0.509 e. The van der Waals surface area contributed by atoms with E-state index in [0.717, 1.165) is 70.3 Å². The molecule has 0 N–H and O–H groups in total. The van der Waals surface area contributed by atoms with Crippen molar-refractivity contribution in [3.63, 3.8) is 0 Å². The van der Waals surface area contributed by atoms with Crippen LogP contribution in [0.4, 0.5) is 0 Å². The van der Waals surface area contributed by atoms with Crippen molar-refractivity contribution in [2.45, 2.75) is 46.5 Å². The van der Waals surface area contributed by atoms with Gasteiger partial charge in [-0.25, -0.2) is 4.98 Å². The van der Waals surface area contributed by atoms with Gasteiger partial charge in [-0.05, 0) is 66.6 Å². The third-order valence-corrected chi connectivity index (χ3v) is 8.11. The standard InChI is InChI=1S/C39H34N4O.Pd/c1-4-6-18-36-39(28-13-8-7-9-14-28)34(5-2)41-43(36)29-15-12-16-30(25-29)44-31-20-21-33-32-17-10-11-19-35(32)42(37(33)26-31)38-24-27(3)22-23-40-38;/h7-17,19-24H,4-6,18H2,1-3H3;/q-2;+2. The van der Waals surface area contributed by atoms with Crippen molar-refractivity contribution >= 4 is 21.8 Å². The van der Waals surface area contributed by atoms with Crippen molar-refractivity contribution < 1.29 is 25.2 Å². The topological polar surface area (TPSA) is 44.9 Å². The Balaban J connectivity index is 0.00000357. The molecule has 45 heavy (non-hydrogen) atoms. The van der Waals surface area contributed by atoms with Crippen LogP contribution in [0.25, 0.3) is 44.4 Å². The van der Waals surface area contributed by atoms with Gasteiger partial charge in [-0.3, -0.25) is 4.68 Å². The summed E-state index contributed by atoms with van der Waals surface area (Å²) in [5.41, 5.74) is 8.77. The predicted molar refractivity (Wildman–Crippen MR) is 178 cm³/mol. The van der Waals surface area contributed by atoms with Crippen molar-refractivity contribution in [1.29, 1.82) is 0 Å². The van der Waals surface area contributed by atoms with Crippen LogP contribution in [0, 0.1) is 19.1 Å². The fraction of sp³-hybridized carbons (Fsp3) is 0.179. The molecule has 226 valence electrons. The first-order valence-electron chi connectivity index (χ1n) is 15.4. The van der Waals surface area contributed by atoms with Gasteiger partial charge in [-0.2, -0.15) is 17.2 Å². The largest absolute Gasteiger partial charge is 2.00 e. The summed E-state index contributed by atoms with van der Waals surface area (Å²) in [6.45, 7) is 6.48. The van der Waals surface area contributed by atoms with E-state index in [1.54, 1.807) is 0 Å². The second kappa shape index (κ2) is 13.2. The second-order valence-corrected chi connectivity index (χ2v) is 11.1. The maximum atomic E-state index is 6.44. The van der Waals surface area contributed by atoms with Crippen LogP contribution in [0.1, 0.15) is 43.6 Å². The molecule has 3 heterocycles. The third-order valence-electron chi connectivity index (χ3n) is 8.11. The molecule has 0 bridgehead atoms. The molecule has 0 spiro atoms. The summed E-state index contributed by atoms with van der Waals surface area (Å²) < 4.78 is 10.7. The van der Waals surface area contributed by atoms with Crippen LogP contribution >= 0.6 is 0 Å². The van der Waals surface area contributed by atoms with Crippen molar-refractivity contribution in [2.24, 2.45) is 0 Å². The number of ether oxygens (including phenoxy) is 1. The Morgan fingerprint density at radius 3 is 2.40 bits per heavy atom. The first-order valence-corrected chi connectivity index (χ1v) is 15.4. The van der Waals surface area contributed by atoms with Gasteiger partial charge in [-0.1, -0.05) is 74.3 Å². The average Bonchev–Trinajstić information content (AvgIpc) is 3.59. The van der Waals surface area contributed by atoms with E-state index in [1.807, 2.05) is 30.5 Å². The molecule has 5 nitrogen and oxygen atoms in total. The molecular weight excluding hydrogens is 647 g/mol. The summed E-state index contributed by atoms with van der Waals surface area (Å²) in [5, 5.41) is 7.36. The van der Waals surface area contributed by atoms with Gasteiger partial charge < -0.3 is 9.30 Å². The first-order chi connectivity index (χ1) is 21.6. The number of rotatable bonds is 9. The van der Waals surface area contributed by atoms with E-state index in [-0.39, 0.29) is 20.4 Å². The van der Waals surface area contributed by atoms with Gasteiger partial charge in [-0.15, -0.1) is 35.7 Å². The zero-order valence-electron chi connectivity index (χ0n) is 25.7. The summed E-state index contributed by atoms with van der Waals surface area (Å²) in [6, 6.07) is 40.3. The number of pyridine rings is 1. The molecule has 3 aromatic heterocycles. The summed E-state index contributed by atoms with van der Waals surface area (Å²) in [7, 11) is 0. The Kier molecular flexibility index (Phi) is 8.98. The number of fused-ring (bicyclic) bond motifs is 3. The van der Waals surface area contributed by atoms with Crippen LogP contribution in [0.15, 0.2) is 103 Å². The Bertz CT molecular complexity index is 2090. The number of aromatic nitrogens is 4. The predicted octanol–water partition coefficient (Wildman–Crippen LogP) is 9.63. The molecule has 0 amide bonds. The van der Waals surface area contributed by atoms with Gasteiger partial charge in [0.05, 0.1) is 5.69 Å². The van der Waals surface area contributed by atoms with E-state index in [9.17, 15) is 0 Å². The molecule has 0 fully saturated rings. The zero-order valence-corrected chi connectivity index (χ0v) is 27.2. The number of hydrogen-bond donors (Lipinski definition) is 0. The van der Waals surface area contributed by atoms with E-state index in [1.165, 1.54) is 16.8 Å². The van der Waals surface area contributed by atoms with Crippen LogP contribution in [-0.2, 0) is 33.3 Å². The number of para-hydroxylation sites is 1. The maximum absolute atomic E-state index is 6.44. The molecular formula is C39H34N4OPd. The fourth-order valence-corrected chi connectivity index (χ4v) is 6.02. The van der Waals surface area contributed by atoms with E-state index in [0.29, 0.717) is 11.5 Å². The summed E-state index contributed by atoms with van der Waals surface area (Å²) in [6.07, 6.45) is 5.84. The normalized spacial score (nSPS) is 11.2. The molecule has 0 aliphatic rings. The quantitative estimate of drug-likeness (QED) is 0.113. The summed E-state index contributed by atoms with van der Waals surface area (Å²) >= 11 is 0. The number of hydrogen-bond acceptors (Lipinski definition) is 3. The Morgan fingerprint density at radius 1 is 0.800 bits per heavy atom. The number of aryl methyl sites for hydroxylation is 2. The fourth-order valence-electron chi connectivity index (χ4n) is 6.02. The van der Waals surface area contributed by atoms with Crippen LogP contribution in [0.3, 0.4) is 0 Å². The van der Waals surface area contributed by atoms with Crippen LogP contribution in [-0.4, -0.2) is 19.3 Å². The van der Waals surface area contributed by atoms with Crippen molar-refractivity contribution in [3.8, 4) is 34.1 Å². The number of unbranched alkanes of at least 4 members (excludes halogenated alkanes) is 1. The Morgan fingerprint density at radius 2 is 1.60 bits per heavy atom. The third kappa shape index (κ3) is 5.84. The van der Waals surface area contributed by atoms with E-state index >= 15 is 0 Å². The first kappa shape index (κ1) is 30.5. The van der Waals surface area contributed by atoms with Crippen molar-refractivity contribution in [1.82, 2.24) is 19.3 Å². The monoisotopic (exact) mass is 680 g/mol. The molecule has 7 rings (SSSR count). The van der Waals surface area contributed by atoms with Crippen molar-refractivity contribution in [3.05, 3.63) is 132 Å². The average molecular weight is 681 g/mol. The van der Waals surface area contributed by atoms with Gasteiger partial charge in [0.15, 0.2) is 0 Å². The van der Waals surface area contributed by atoms with E-state index < -0.39 is 0 Å². The molecule has 0 unspecified atom stereocenters.